The van der Waals surface area contributed by atoms with Crippen LogP contribution in [0.1, 0.15) is 31.1 Å². The van der Waals surface area contributed by atoms with Crippen LogP contribution in [0.5, 0.6) is 0 Å². The monoisotopic (exact) mass is 485 g/mol. The van der Waals surface area contributed by atoms with E-state index in [1.165, 1.54) is 0 Å². The fraction of sp³-hybridized carbons (Fsp3) is 0.360. The summed E-state index contributed by atoms with van der Waals surface area (Å²) < 4.78 is 56.2. The van der Waals surface area contributed by atoms with Gasteiger partial charge < -0.3 is 19.4 Å². The van der Waals surface area contributed by atoms with Gasteiger partial charge in [0.2, 0.25) is 0 Å². The fourth-order valence-corrected chi connectivity index (χ4v) is 4.82. The van der Waals surface area contributed by atoms with Crippen molar-refractivity contribution in [2.75, 3.05) is 19.0 Å². The summed E-state index contributed by atoms with van der Waals surface area (Å²) in [7, 11) is 1.63. The number of aromatic nitrogens is 4. The minimum absolute atomic E-state index is 0.208. The second kappa shape index (κ2) is 8.69. The molecular formula is C25H26F3N5O2. The number of rotatable bonds is 7. The van der Waals surface area contributed by atoms with Gasteiger partial charge in [0.1, 0.15) is 11.5 Å². The van der Waals surface area contributed by atoms with Crippen molar-refractivity contribution < 1.29 is 22.6 Å². The molecule has 0 saturated heterocycles. The van der Waals surface area contributed by atoms with Gasteiger partial charge in [0, 0.05) is 36.3 Å². The lowest BCUT2D eigenvalue weighted by Crippen LogP contribution is -2.36. The highest BCUT2D eigenvalue weighted by molar-refractivity contribution is 5.97. The lowest BCUT2D eigenvalue weighted by Gasteiger charge is -2.35. The van der Waals surface area contributed by atoms with Crippen LogP contribution >= 0.6 is 0 Å². The summed E-state index contributed by atoms with van der Waals surface area (Å²) >= 11 is 0. The molecule has 1 N–H and O–H groups in total. The van der Waals surface area contributed by atoms with Crippen LogP contribution in [0, 0.1) is 12.7 Å². The maximum Gasteiger partial charge on any atom is 0.345 e. The van der Waals surface area contributed by atoms with Gasteiger partial charge >= 0.3 is 6.61 Å². The summed E-state index contributed by atoms with van der Waals surface area (Å²) in [6.07, 6.45) is 1.91. The number of methoxy groups -OCH3 is 1. The Morgan fingerprint density at radius 1 is 1.17 bits per heavy atom. The van der Waals surface area contributed by atoms with E-state index >= 15 is 4.39 Å². The Bertz CT molecular complexity index is 1410. The highest BCUT2D eigenvalue weighted by Gasteiger charge is 2.37. The summed E-state index contributed by atoms with van der Waals surface area (Å²) in [6.45, 7) is 3.27. The minimum atomic E-state index is -2.98. The van der Waals surface area contributed by atoms with Crippen LogP contribution in [0.3, 0.4) is 0 Å². The molecule has 2 aromatic carbocycles. The highest BCUT2D eigenvalue weighted by atomic mass is 19.3. The largest absolute Gasteiger partial charge is 0.383 e. The maximum absolute atomic E-state index is 16.6. The van der Waals surface area contributed by atoms with E-state index in [1.807, 2.05) is 42.8 Å². The molecule has 0 saturated carbocycles. The second-order valence-corrected chi connectivity index (χ2v) is 9.09. The first kappa shape index (κ1) is 23.4. The molecule has 0 fully saturated rings. The number of fused-ring (bicyclic) bond motifs is 4. The van der Waals surface area contributed by atoms with Crippen LogP contribution in [0.15, 0.2) is 36.5 Å². The summed E-state index contributed by atoms with van der Waals surface area (Å²) in [5.41, 5.74) is 2.07. The predicted octanol–water partition coefficient (Wildman–Crippen LogP) is 5.38. The van der Waals surface area contributed by atoms with Crippen molar-refractivity contribution in [3.8, 4) is 16.8 Å². The van der Waals surface area contributed by atoms with Gasteiger partial charge in [-0.15, -0.1) is 10.2 Å². The van der Waals surface area contributed by atoms with Crippen molar-refractivity contribution >= 4 is 16.6 Å². The number of hydrogen-bond donors (Lipinski definition) is 1. The van der Waals surface area contributed by atoms with Gasteiger partial charge in [0.15, 0.2) is 11.6 Å². The molecule has 0 spiro atoms. The lowest BCUT2D eigenvalue weighted by atomic mass is 9.92. The number of nitrogens with one attached hydrogen (secondary N) is 1. The number of hydrogen-bond acceptors (Lipinski definition) is 5. The fourth-order valence-electron chi connectivity index (χ4n) is 4.82. The van der Waals surface area contributed by atoms with Crippen molar-refractivity contribution in [1.82, 2.24) is 19.3 Å². The highest BCUT2D eigenvalue weighted by Crippen LogP contribution is 2.44. The number of aryl methyl sites for hydroxylation is 1. The zero-order valence-corrected chi connectivity index (χ0v) is 19.9. The SMILES string of the molecule is COCCn1ccc2c(-c3c(COC(F)F)cc4c(c3F)-n3c(C)nnc3C(C)(C)N4)cccc21. The van der Waals surface area contributed by atoms with Crippen molar-refractivity contribution in [3.05, 3.63) is 59.6 Å². The average Bonchev–Trinajstić information content (AvgIpc) is 3.40. The minimum Gasteiger partial charge on any atom is -0.383 e. The number of halogens is 3. The molecule has 0 atom stereocenters. The average molecular weight is 486 g/mol. The quantitative estimate of drug-likeness (QED) is 0.381. The molecule has 35 heavy (non-hydrogen) atoms. The van der Waals surface area contributed by atoms with Crippen molar-refractivity contribution in [1.29, 1.82) is 0 Å². The molecule has 1 aliphatic heterocycles. The Labute approximate surface area is 200 Å². The molecule has 7 nitrogen and oxygen atoms in total. The molecule has 10 heteroatoms. The van der Waals surface area contributed by atoms with Crippen LogP contribution in [0.2, 0.25) is 0 Å². The first-order valence-electron chi connectivity index (χ1n) is 11.3. The summed E-state index contributed by atoms with van der Waals surface area (Å²) in [6, 6.07) is 9.13. The molecular weight excluding hydrogens is 459 g/mol. The molecule has 0 aliphatic carbocycles. The normalized spacial score (nSPS) is 14.3. The number of anilines is 1. The Kier molecular flexibility index (Phi) is 5.80. The van der Waals surface area contributed by atoms with E-state index in [2.05, 4.69) is 20.3 Å². The zero-order valence-electron chi connectivity index (χ0n) is 19.9. The second-order valence-electron chi connectivity index (χ2n) is 9.09. The predicted molar refractivity (Wildman–Crippen MR) is 126 cm³/mol. The number of alkyl halides is 2. The first-order chi connectivity index (χ1) is 16.7. The van der Waals surface area contributed by atoms with Crippen molar-refractivity contribution in [2.45, 2.75) is 46.1 Å². The molecule has 3 heterocycles. The third-order valence-corrected chi connectivity index (χ3v) is 6.36. The molecule has 184 valence electrons. The molecule has 0 bridgehead atoms. The van der Waals surface area contributed by atoms with E-state index < -0.39 is 24.6 Å². The van der Waals surface area contributed by atoms with Crippen molar-refractivity contribution in [3.63, 3.8) is 0 Å². The van der Waals surface area contributed by atoms with Crippen LogP contribution in [-0.4, -0.2) is 39.7 Å². The first-order valence-corrected chi connectivity index (χ1v) is 11.3. The molecule has 1 aliphatic rings. The topological polar surface area (TPSA) is 66.1 Å². The Balaban J connectivity index is 1.77. The Morgan fingerprint density at radius 2 is 1.97 bits per heavy atom. The molecule has 0 radical (unpaired) electrons. The molecule has 0 amide bonds. The number of benzene rings is 2. The van der Waals surface area contributed by atoms with E-state index in [0.717, 1.165) is 10.9 Å². The van der Waals surface area contributed by atoms with Gasteiger partial charge in [-0.2, -0.15) is 8.78 Å². The van der Waals surface area contributed by atoms with Gasteiger partial charge in [-0.1, -0.05) is 12.1 Å². The van der Waals surface area contributed by atoms with Crippen LogP contribution in [0.4, 0.5) is 18.9 Å². The van der Waals surface area contributed by atoms with Gasteiger partial charge in [0.05, 0.1) is 24.4 Å². The third kappa shape index (κ3) is 3.86. The summed E-state index contributed by atoms with van der Waals surface area (Å²) in [4.78, 5) is 0. The number of ether oxygens (including phenoxy) is 2. The molecule has 4 aromatic rings. The van der Waals surface area contributed by atoms with Gasteiger partial charge in [0.25, 0.3) is 0 Å². The standard InChI is InChI=1S/C25H26F3N5O2/c1-14-30-31-23-25(2,3)29-18-12-15(13-35-24(27)28)20(21(26)22(18)33(14)23)17-6-5-7-19-16(17)8-9-32(19)10-11-34-4/h5-9,12,24,29H,10-11,13H2,1-4H3. The molecule has 5 rings (SSSR count). The summed E-state index contributed by atoms with van der Waals surface area (Å²) in [5, 5.41) is 12.5. The van der Waals surface area contributed by atoms with Gasteiger partial charge in [-0.05, 0) is 50.1 Å². The Morgan fingerprint density at radius 3 is 2.71 bits per heavy atom. The number of nitrogens with zero attached hydrogens (tertiary/aromatic N) is 4. The van der Waals surface area contributed by atoms with E-state index in [4.69, 9.17) is 4.74 Å². The van der Waals surface area contributed by atoms with Crippen LogP contribution < -0.4 is 5.32 Å². The third-order valence-electron chi connectivity index (χ3n) is 6.36. The van der Waals surface area contributed by atoms with E-state index in [-0.39, 0.29) is 11.3 Å². The van der Waals surface area contributed by atoms with E-state index in [1.54, 1.807) is 30.7 Å². The van der Waals surface area contributed by atoms with E-state index in [9.17, 15) is 8.78 Å². The van der Waals surface area contributed by atoms with Crippen molar-refractivity contribution in [2.24, 2.45) is 0 Å². The maximum atomic E-state index is 16.6. The molecule has 0 unspecified atom stereocenters. The zero-order chi connectivity index (χ0) is 24.9. The van der Waals surface area contributed by atoms with E-state index in [0.29, 0.717) is 41.6 Å². The summed E-state index contributed by atoms with van der Waals surface area (Å²) in [5.74, 6) is 0.536. The van der Waals surface area contributed by atoms with Gasteiger partial charge in [-0.25, -0.2) is 4.39 Å². The smallest absolute Gasteiger partial charge is 0.345 e. The molecule has 2 aromatic heterocycles. The lowest BCUT2D eigenvalue weighted by molar-refractivity contribution is -0.137. The van der Waals surface area contributed by atoms with Crippen LogP contribution in [0.25, 0.3) is 27.7 Å². The van der Waals surface area contributed by atoms with Crippen LogP contribution in [-0.2, 0) is 28.2 Å². The Hall–Kier alpha value is -3.37. The van der Waals surface area contributed by atoms with Gasteiger partial charge in [-0.3, -0.25) is 4.57 Å².